The highest BCUT2D eigenvalue weighted by Gasteiger charge is 2.34. The highest BCUT2D eigenvalue weighted by atomic mass is 19.4. The topological polar surface area (TPSA) is 57.0 Å². The van der Waals surface area contributed by atoms with Crippen LogP contribution >= 0.6 is 0 Å². The first-order chi connectivity index (χ1) is 12.8. The quantitative estimate of drug-likeness (QED) is 0.594. The molecule has 1 aliphatic rings. The van der Waals surface area contributed by atoms with Crippen LogP contribution in [-0.4, -0.2) is 23.9 Å². The Morgan fingerprint density at radius 2 is 1.74 bits per heavy atom. The van der Waals surface area contributed by atoms with Gasteiger partial charge < -0.3 is 4.90 Å². The second-order valence-electron chi connectivity index (χ2n) is 6.31. The van der Waals surface area contributed by atoms with E-state index < -0.39 is 17.7 Å². The molecule has 2 aromatic rings. The zero-order valence-corrected chi connectivity index (χ0v) is 14.1. The lowest BCUT2D eigenvalue weighted by Gasteiger charge is -2.32. The molecule has 0 radical (unpaired) electrons. The van der Waals surface area contributed by atoms with Crippen LogP contribution in [0.15, 0.2) is 36.4 Å². The molecule has 1 aromatic carbocycles. The van der Waals surface area contributed by atoms with Gasteiger partial charge in [-0.05, 0) is 49.2 Å². The number of ketones is 1. The highest BCUT2D eigenvalue weighted by molar-refractivity contribution is 5.98. The molecule has 0 N–H and O–H groups in total. The molecule has 1 aromatic heterocycles. The molecule has 0 atom stereocenters. The minimum Gasteiger partial charge on any atom is -0.355 e. The van der Waals surface area contributed by atoms with E-state index in [0.717, 1.165) is 12.1 Å². The van der Waals surface area contributed by atoms with Crippen molar-refractivity contribution in [1.29, 1.82) is 5.26 Å². The van der Waals surface area contributed by atoms with E-state index in [0.29, 0.717) is 31.5 Å². The number of pyridine rings is 1. The number of halogens is 4. The lowest BCUT2D eigenvalue weighted by molar-refractivity contribution is -0.141. The molecule has 0 bridgehead atoms. The summed E-state index contributed by atoms with van der Waals surface area (Å²) in [6.45, 7) is 0.612. The van der Waals surface area contributed by atoms with Gasteiger partial charge in [0.05, 0.1) is 5.56 Å². The maximum Gasteiger partial charge on any atom is 0.433 e. The molecule has 0 saturated carbocycles. The fraction of sp³-hybridized carbons (Fsp3) is 0.316. The van der Waals surface area contributed by atoms with Crippen LogP contribution in [-0.2, 0) is 6.18 Å². The molecular weight excluding hydrogens is 362 g/mol. The number of aromatic nitrogens is 1. The molecule has 1 aliphatic heterocycles. The van der Waals surface area contributed by atoms with Crippen molar-refractivity contribution in [2.24, 2.45) is 5.92 Å². The largest absolute Gasteiger partial charge is 0.433 e. The van der Waals surface area contributed by atoms with Crippen LogP contribution in [0.4, 0.5) is 23.4 Å². The number of piperidine rings is 1. The van der Waals surface area contributed by atoms with Gasteiger partial charge in [0.25, 0.3) is 0 Å². The fourth-order valence-electron chi connectivity index (χ4n) is 3.14. The molecule has 140 valence electrons. The molecule has 27 heavy (non-hydrogen) atoms. The first-order valence-corrected chi connectivity index (χ1v) is 8.32. The molecule has 8 heteroatoms. The van der Waals surface area contributed by atoms with Crippen molar-refractivity contribution in [2.45, 2.75) is 19.0 Å². The minimum atomic E-state index is -4.60. The second-order valence-corrected chi connectivity index (χ2v) is 6.31. The van der Waals surface area contributed by atoms with E-state index in [1.54, 1.807) is 4.90 Å². The van der Waals surface area contributed by atoms with Crippen LogP contribution in [0, 0.1) is 23.1 Å². The third-order valence-corrected chi connectivity index (χ3v) is 4.58. The Labute approximate surface area is 153 Å². The van der Waals surface area contributed by atoms with E-state index in [-0.39, 0.29) is 23.1 Å². The van der Waals surface area contributed by atoms with Crippen molar-refractivity contribution in [1.82, 2.24) is 4.98 Å². The highest BCUT2D eigenvalue weighted by Crippen LogP contribution is 2.32. The smallest absolute Gasteiger partial charge is 0.355 e. The van der Waals surface area contributed by atoms with Crippen LogP contribution < -0.4 is 4.90 Å². The molecule has 0 unspecified atom stereocenters. The summed E-state index contributed by atoms with van der Waals surface area (Å²) in [5.74, 6) is -0.865. The zero-order chi connectivity index (χ0) is 19.6. The van der Waals surface area contributed by atoms with Gasteiger partial charge in [-0.15, -0.1) is 0 Å². The van der Waals surface area contributed by atoms with Crippen LogP contribution in [0.1, 0.15) is 34.5 Å². The van der Waals surface area contributed by atoms with E-state index in [9.17, 15) is 27.6 Å². The number of rotatable bonds is 3. The van der Waals surface area contributed by atoms with E-state index in [1.807, 2.05) is 6.07 Å². The first-order valence-electron chi connectivity index (χ1n) is 8.32. The second kappa shape index (κ2) is 7.35. The number of hydrogen-bond acceptors (Lipinski definition) is 4. The van der Waals surface area contributed by atoms with E-state index >= 15 is 0 Å². The third kappa shape index (κ3) is 4.08. The van der Waals surface area contributed by atoms with Crippen LogP contribution in [0.5, 0.6) is 0 Å². The molecule has 4 nitrogen and oxygen atoms in total. The lowest BCUT2D eigenvalue weighted by Crippen LogP contribution is -2.37. The van der Waals surface area contributed by atoms with E-state index in [1.165, 1.54) is 24.3 Å². The van der Waals surface area contributed by atoms with Crippen LogP contribution in [0.3, 0.4) is 0 Å². The predicted octanol–water partition coefficient (Wildman–Crippen LogP) is 4.21. The first kappa shape index (κ1) is 18.8. The van der Waals surface area contributed by atoms with Crippen molar-refractivity contribution in [2.75, 3.05) is 18.0 Å². The van der Waals surface area contributed by atoms with Gasteiger partial charge in [-0.1, -0.05) is 0 Å². The third-order valence-electron chi connectivity index (χ3n) is 4.58. The number of carbonyl (C=O) groups is 1. The standard InChI is InChI=1S/C19H15F4N3O/c20-15-4-1-12(2-5-15)17(27)13-7-9-26(10-8-13)18-14(11-24)3-6-16(25-18)19(21,22)23/h1-6,13H,7-10H2. The summed E-state index contributed by atoms with van der Waals surface area (Å²) in [5.41, 5.74) is -0.586. The van der Waals surface area contributed by atoms with Crippen molar-refractivity contribution >= 4 is 11.6 Å². The SMILES string of the molecule is N#Cc1ccc(C(F)(F)F)nc1N1CCC(C(=O)c2ccc(F)cc2)CC1. The van der Waals surface area contributed by atoms with E-state index in [4.69, 9.17) is 0 Å². The summed E-state index contributed by atoms with van der Waals surface area (Å²) >= 11 is 0. The molecular formula is C19H15F4N3O. The Morgan fingerprint density at radius 3 is 2.30 bits per heavy atom. The Balaban J connectivity index is 1.75. The van der Waals surface area contributed by atoms with Crippen molar-refractivity contribution in [3.63, 3.8) is 0 Å². The Morgan fingerprint density at radius 1 is 1.11 bits per heavy atom. The predicted molar refractivity (Wildman–Crippen MR) is 89.6 cm³/mol. The summed E-state index contributed by atoms with van der Waals surface area (Å²) in [6.07, 6.45) is -3.77. The average Bonchev–Trinajstić information content (AvgIpc) is 2.67. The molecule has 0 spiro atoms. The molecule has 3 rings (SSSR count). The lowest BCUT2D eigenvalue weighted by atomic mass is 9.89. The zero-order valence-electron chi connectivity index (χ0n) is 14.1. The fourth-order valence-corrected chi connectivity index (χ4v) is 3.14. The van der Waals surface area contributed by atoms with Gasteiger partial charge in [0.15, 0.2) is 5.78 Å². The molecule has 1 saturated heterocycles. The number of nitrogens with zero attached hydrogens (tertiary/aromatic N) is 3. The Hall–Kier alpha value is -2.95. The molecule has 0 amide bonds. The Bertz CT molecular complexity index is 879. The van der Waals surface area contributed by atoms with Gasteiger partial charge in [-0.2, -0.15) is 18.4 Å². The molecule has 1 fully saturated rings. The number of Topliss-reactive ketones (excluding diaryl/α,β-unsaturated/α-hetero) is 1. The number of alkyl halides is 3. The number of hydrogen-bond donors (Lipinski definition) is 0. The summed E-state index contributed by atoms with van der Waals surface area (Å²) in [6, 6.07) is 9.04. The summed E-state index contributed by atoms with van der Waals surface area (Å²) in [5, 5.41) is 9.17. The minimum absolute atomic E-state index is 0.0139. The average molecular weight is 377 g/mol. The molecule has 2 heterocycles. The van der Waals surface area contributed by atoms with Gasteiger partial charge in [0.2, 0.25) is 0 Å². The van der Waals surface area contributed by atoms with E-state index in [2.05, 4.69) is 4.98 Å². The summed E-state index contributed by atoms with van der Waals surface area (Å²) in [7, 11) is 0. The number of carbonyl (C=O) groups excluding carboxylic acids is 1. The van der Waals surface area contributed by atoms with Gasteiger partial charge >= 0.3 is 6.18 Å². The monoisotopic (exact) mass is 377 g/mol. The molecule has 0 aliphatic carbocycles. The van der Waals surface area contributed by atoms with Crippen molar-refractivity contribution < 1.29 is 22.4 Å². The van der Waals surface area contributed by atoms with Crippen molar-refractivity contribution in [3.8, 4) is 6.07 Å². The van der Waals surface area contributed by atoms with Gasteiger partial charge in [-0.3, -0.25) is 4.79 Å². The van der Waals surface area contributed by atoms with Crippen LogP contribution in [0.2, 0.25) is 0 Å². The Kier molecular flexibility index (Phi) is 5.13. The van der Waals surface area contributed by atoms with Gasteiger partial charge in [-0.25, -0.2) is 9.37 Å². The normalized spacial score (nSPS) is 15.4. The van der Waals surface area contributed by atoms with Gasteiger partial charge in [0, 0.05) is 24.6 Å². The maximum absolute atomic E-state index is 13.0. The van der Waals surface area contributed by atoms with Crippen molar-refractivity contribution in [3.05, 3.63) is 59.0 Å². The maximum atomic E-state index is 13.0. The number of benzene rings is 1. The number of nitriles is 1. The van der Waals surface area contributed by atoms with Gasteiger partial charge in [0.1, 0.15) is 23.4 Å². The summed E-state index contributed by atoms with van der Waals surface area (Å²) in [4.78, 5) is 17.7. The van der Waals surface area contributed by atoms with Crippen LogP contribution in [0.25, 0.3) is 0 Å². The summed E-state index contributed by atoms with van der Waals surface area (Å²) < 4.78 is 51.7. The number of anilines is 1.